The molecule has 1 aliphatic heterocycles. The summed E-state index contributed by atoms with van der Waals surface area (Å²) >= 11 is 0. The van der Waals surface area contributed by atoms with Crippen molar-refractivity contribution in [3.63, 3.8) is 0 Å². The zero-order valence-corrected chi connectivity index (χ0v) is 16.1. The topological polar surface area (TPSA) is 90.7 Å². The van der Waals surface area contributed by atoms with Crippen molar-refractivity contribution in [1.82, 2.24) is 9.80 Å². The number of ether oxygens (including phenoxy) is 1. The molecule has 2 rings (SSSR count). The number of carbonyl (C=O) groups is 3. The molecule has 0 bridgehead atoms. The van der Waals surface area contributed by atoms with Gasteiger partial charge in [-0.2, -0.15) is 5.26 Å². The number of piperidine rings is 1. The Hall–Kier alpha value is -2.95. The van der Waals surface area contributed by atoms with Gasteiger partial charge in [-0.1, -0.05) is 0 Å². The standard InChI is InChI=1S/C20H24FN3O4/c1-14(18(25)23(2)11-3-10-22)28-20(27)16-8-12-24(13-9-16)19(26)15-4-6-17(21)7-5-15/h4-7,14,16H,3,8-9,11-13H2,1-2H3/t14-/m0/s1. The Labute approximate surface area is 163 Å². The van der Waals surface area contributed by atoms with Gasteiger partial charge in [0.05, 0.1) is 18.4 Å². The number of likely N-dealkylation sites (N-methyl/N-ethyl adjacent to an activating group) is 1. The number of likely N-dealkylation sites (tertiary alicyclic amines) is 1. The van der Waals surface area contributed by atoms with Crippen LogP contribution >= 0.6 is 0 Å². The van der Waals surface area contributed by atoms with E-state index in [1.165, 1.54) is 36.1 Å². The molecule has 28 heavy (non-hydrogen) atoms. The molecule has 0 aliphatic carbocycles. The van der Waals surface area contributed by atoms with Gasteiger partial charge in [0.15, 0.2) is 6.10 Å². The Balaban J connectivity index is 1.83. The Kier molecular flexibility index (Phi) is 7.50. The first-order valence-electron chi connectivity index (χ1n) is 9.20. The molecule has 0 aromatic heterocycles. The zero-order chi connectivity index (χ0) is 20.7. The maximum atomic E-state index is 13.0. The Morgan fingerprint density at radius 1 is 1.29 bits per heavy atom. The molecular weight excluding hydrogens is 365 g/mol. The second kappa shape index (κ2) is 9.83. The van der Waals surface area contributed by atoms with Crippen molar-refractivity contribution in [3.05, 3.63) is 35.6 Å². The minimum absolute atomic E-state index is 0.200. The molecule has 0 N–H and O–H groups in total. The van der Waals surface area contributed by atoms with Crippen LogP contribution in [0.2, 0.25) is 0 Å². The van der Waals surface area contributed by atoms with Gasteiger partial charge in [-0.05, 0) is 44.0 Å². The van der Waals surface area contributed by atoms with Crippen LogP contribution in [-0.4, -0.2) is 60.4 Å². The first-order valence-corrected chi connectivity index (χ1v) is 9.20. The Morgan fingerprint density at radius 3 is 2.46 bits per heavy atom. The van der Waals surface area contributed by atoms with E-state index in [2.05, 4.69) is 0 Å². The summed E-state index contributed by atoms with van der Waals surface area (Å²) in [4.78, 5) is 39.9. The monoisotopic (exact) mass is 389 g/mol. The summed E-state index contributed by atoms with van der Waals surface area (Å²) in [5, 5.41) is 8.58. The van der Waals surface area contributed by atoms with Crippen LogP contribution in [0.25, 0.3) is 0 Å². The fourth-order valence-corrected chi connectivity index (χ4v) is 3.05. The lowest BCUT2D eigenvalue weighted by Crippen LogP contribution is -2.43. The van der Waals surface area contributed by atoms with E-state index in [1.54, 1.807) is 11.9 Å². The third-order valence-corrected chi connectivity index (χ3v) is 4.78. The number of nitriles is 1. The molecule has 150 valence electrons. The summed E-state index contributed by atoms with van der Waals surface area (Å²) in [6, 6.07) is 7.32. The molecule has 7 nitrogen and oxygen atoms in total. The van der Waals surface area contributed by atoms with Crippen LogP contribution < -0.4 is 0 Å². The van der Waals surface area contributed by atoms with Gasteiger partial charge in [-0.3, -0.25) is 14.4 Å². The van der Waals surface area contributed by atoms with E-state index in [4.69, 9.17) is 10.00 Å². The summed E-state index contributed by atoms with van der Waals surface area (Å²) in [6.45, 7) is 2.57. The molecule has 1 atom stereocenters. The van der Waals surface area contributed by atoms with Gasteiger partial charge in [0, 0.05) is 32.2 Å². The molecule has 2 amide bonds. The van der Waals surface area contributed by atoms with E-state index in [0.717, 1.165) is 0 Å². The average molecular weight is 389 g/mol. The van der Waals surface area contributed by atoms with E-state index in [-0.39, 0.29) is 30.7 Å². The van der Waals surface area contributed by atoms with Crippen molar-refractivity contribution in [2.45, 2.75) is 32.3 Å². The molecular formula is C20H24FN3O4. The summed E-state index contributed by atoms with van der Waals surface area (Å²) in [5.41, 5.74) is 0.405. The van der Waals surface area contributed by atoms with Crippen LogP contribution in [0.5, 0.6) is 0 Å². The smallest absolute Gasteiger partial charge is 0.309 e. The molecule has 0 saturated carbocycles. The van der Waals surface area contributed by atoms with Crippen LogP contribution in [0.1, 0.15) is 36.5 Å². The normalized spacial score (nSPS) is 15.4. The number of esters is 1. The average Bonchev–Trinajstić information content (AvgIpc) is 2.71. The van der Waals surface area contributed by atoms with Gasteiger partial charge in [-0.25, -0.2) is 4.39 Å². The van der Waals surface area contributed by atoms with Gasteiger partial charge in [-0.15, -0.1) is 0 Å². The van der Waals surface area contributed by atoms with E-state index in [9.17, 15) is 18.8 Å². The van der Waals surface area contributed by atoms with Gasteiger partial charge in [0.2, 0.25) is 0 Å². The molecule has 1 saturated heterocycles. The van der Waals surface area contributed by atoms with Crippen molar-refractivity contribution in [3.8, 4) is 6.07 Å². The molecule has 1 aromatic rings. The predicted molar refractivity (Wildman–Crippen MR) is 98.4 cm³/mol. The minimum Gasteiger partial charge on any atom is -0.452 e. The molecule has 1 aromatic carbocycles. The largest absolute Gasteiger partial charge is 0.452 e. The summed E-state index contributed by atoms with van der Waals surface area (Å²) < 4.78 is 18.3. The number of benzene rings is 1. The van der Waals surface area contributed by atoms with Crippen LogP contribution in [-0.2, 0) is 14.3 Å². The van der Waals surface area contributed by atoms with Crippen LogP contribution in [0.3, 0.4) is 0 Å². The van der Waals surface area contributed by atoms with Gasteiger partial charge < -0.3 is 14.5 Å². The quantitative estimate of drug-likeness (QED) is 0.694. The molecule has 0 unspecified atom stereocenters. The number of hydrogen-bond acceptors (Lipinski definition) is 5. The predicted octanol–water partition coefficient (Wildman–Crippen LogP) is 1.98. The Morgan fingerprint density at radius 2 is 1.89 bits per heavy atom. The zero-order valence-electron chi connectivity index (χ0n) is 16.1. The van der Waals surface area contributed by atoms with Gasteiger partial charge in [0.25, 0.3) is 11.8 Å². The third-order valence-electron chi connectivity index (χ3n) is 4.78. The lowest BCUT2D eigenvalue weighted by Gasteiger charge is -2.31. The van der Waals surface area contributed by atoms with Gasteiger partial charge in [0.1, 0.15) is 5.82 Å². The number of halogens is 1. The van der Waals surface area contributed by atoms with Crippen molar-refractivity contribution < 1.29 is 23.5 Å². The number of nitrogens with zero attached hydrogens (tertiary/aromatic N) is 3. The molecule has 1 heterocycles. The molecule has 8 heteroatoms. The highest BCUT2D eigenvalue weighted by Crippen LogP contribution is 2.21. The van der Waals surface area contributed by atoms with Crippen molar-refractivity contribution in [2.24, 2.45) is 5.92 Å². The fraction of sp³-hybridized carbons (Fsp3) is 0.500. The molecule has 0 spiro atoms. The van der Waals surface area contributed by atoms with E-state index >= 15 is 0 Å². The maximum Gasteiger partial charge on any atom is 0.309 e. The second-order valence-corrected chi connectivity index (χ2v) is 6.82. The first-order chi connectivity index (χ1) is 13.3. The number of carbonyl (C=O) groups excluding carboxylic acids is 3. The summed E-state index contributed by atoms with van der Waals surface area (Å²) in [6.07, 6.45) is 0.173. The lowest BCUT2D eigenvalue weighted by atomic mass is 9.96. The summed E-state index contributed by atoms with van der Waals surface area (Å²) in [5.74, 6) is -1.79. The lowest BCUT2D eigenvalue weighted by molar-refractivity contribution is -0.163. The number of rotatable bonds is 6. The van der Waals surface area contributed by atoms with Crippen molar-refractivity contribution in [2.75, 3.05) is 26.7 Å². The van der Waals surface area contributed by atoms with Crippen LogP contribution in [0.15, 0.2) is 24.3 Å². The Bertz CT molecular complexity index is 752. The van der Waals surface area contributed by atoms with Crippen LogP contribution in [0.4, 0.5) is 4.39 Å². The van der Waals surface area contributed by atoms with Crippen molar-refractivity contribution in [1.29, 1.82) is 5.26 Å². The highest BCUT2D eigenvalue weighted by molar-refractivity contribution is 5.94. The fourth-order valence-electron chi connectivity index (χ4n) is 3.05. The molecule has 0 radical (unpaired) electrons. The highest BCUT2D eigenvalue weighted by atomic mass is 19.1. The van der Waals surface area contributed by atoms with E-state index in [1.807, 2.05) is 6.07 Å². The molecule has 1 fully saturated rings. The minimum atomic E-state index is -0.921. The third kappa shape index (κ3) is 5.52. The number of amides is 2. The van der Waals surface area contributed by atoms with E-state index < -0.39 is 17.9 Å². The van der Waals surface area contributed by atoms with E-state index in [0.29, 0.717) is 31.5 Å². The maximum absolute atomic E-state index is 13.0. The van der Waals surface area contributed by atoms with Gasteiger partial charge >= 0.3 is 5.97 Å². The molecule has 1 aliphatic rings. The SMILES string of the molecule is C[C@H](OC(=O)C1CCN(C(=O)c2ccc(F)cc2)CC1)C(=O)N(C)CCC#N. The first kappa shape index (κ1) is 21.4. The van der Waals surface area contributed by atoms with Crippen LogP contribution in [0, 0.1) is 23.1 Å². The second-order valence-electron chi connectivity index (χ2n) is 6.82. The highest BCUT2D eigenvalue weighted by Gasteiger charge is 2.31. The van der Waals surface area contributed by atoms with Crippen molar-refractivity contribution >= 4 is 17.8 Å². The number of hydrogen-bond donors (Lipinski definition) is 0. The summed E-state index contributed by atoms with van der Waals surface area (Å²) in [7, 11) is 1.56.